The summed E-state index contributed by atoms with van der Waals surface area (Å²) in [5.41, 5.74) is 0.848. The molecule has 0 spiro atoms. The molecule has 114 valence electrons. The predicted molar refractivity (Wildman–Crippen MR) is 79.5 cm³/mol. The molecule has 0 aromatic carbocycles. The van der Waals surface area contributed by atoms with Crippen LogP contribution in [0.1, 0.15) is 30.5 Å². The first-order valence-electron chi connectivity index (χ1n) is 7.40. The summed E-state index contributed by atoms with van der Waals surface area (Å²) in [6.07, 6.45) is 5.54. The van der Waals surface area contributed by atoms with Crippen LogP contribution in [0.2, 0.25) is 0 Å². The Labute approximate surface area is 127 Å². The van der Waals surface area contributed by atoms with Gasteiger partial charge in [-0.3, -0.25) is 4.68 Å². The molecule has 8 nitrogen and oxygen atoms in total. The number of hydrogen-bond acceptors (Lipinski definition) is 7. The van der Waals surface area contributed by atoms with Crippen molar-refractivity contribution in [1.82, 2.24) is 29.9 Å². The molecular weight excluding hydrogens is 282 g/mol. The van der Waals surface area contributed by atoms with Gasteiger partial charge in [-0.1, -0.05) is 5.16 Å². The minimum absolute atomic E-state index is 0.247. The van der Waals surface area contributed by atoms with Crippen molar-refractivity contribution in [3.8, 4) is 0 Å². The van der Waals surface area contributed by atoms with Gasteiger partial charge in [-0.25, -0.2) is 9.97 Å². The van der Waals surface area contributed by atoms with Crippen LogP contribution in [0.15, 0.2) is 17.0 Å². The van der Waals surface area contributed by atoms with Crippen LogP contribution in [0.25, 0.3) is 11.0 Å². The Bertz CT molecular complexity index is 808. The first kappa shape index (κ1) is 13.2. The lowest BCUT2D eigenvalue weighted by atomic mass is 9.98. The average molecular weight is 299 g/mol. The fourth-order valence-corrected chi connectivity index (χ4v) is 3.05. The van der Waals surface area contributed by atoms with Gasteiger partial charge in [0.15, 0.2) is 11.5 Å². The first-order valence-corrected chi connectivity index (χ1v) is 7.40. The molecule has 1 aliphatic heterocycles. The highest BCUT2D eigenvalue weighted by Gasteiger charge is 2.27. The molecule has 22 heavy (non-hydrogen) atoms. The minimum atomic E-state index is 0.247. The fraction of sp³-hybridized carbons (Fsp3) is 0.500. The maximum absolute atomic E-state index is 5.34. The second kappa shape index (κ2) is 5.04. The van der Waals surface area contributed by atoms with Gasteiger partial charge in [-0.15, -0.1) is 0 Å². The van der Waals surface area contributed by atoms with Crippen LogP contribution < -0.4 is 4.90 Å². The topological polar surface area (TPSA) is 85.8 Å². The van der Waals surface area contributed by atoms with E-state index in [4.69, 9.17) is 4.52 Å². The molecule has 8 heteroatoms. The molecule has 0 saturated carbocycles. The van der Waals surface area contributed by atoms with E-state index in [9.17, 15) is 0 Å². The van der Waals surface area contributed by atoms with E-state index >= 15 is 0 Å². The van der Waals surface area contributed by atoms with Crippen molar-refractivity contribution in [3.05, 3.63) is 24.2 Å². The van der Waals surface area contributed by atoms with Gasteiger partial charge in [-0.2, -0.15) is 10.1 Å². The van der Waals surface area contributed by atoms with Gasteiger partial charge in [0.05, 0.1) is 17.5 Å². The van der Waals surface area contributed by atoms with Gasteiger partial charge in [0.1, 0.15) is 12.1 Å². The van der Waals surface area contributed by atoms with Crippen LogP contribution in [-0.4, -0.2) is 43.0 Å². The maximum Gasteiger partial charge on any atom is 0.231 e. The Morgan fingerprint density at radius 3 is 3.05 bits per heavy atom. The van der Waals surface area contributed by atoms with Crippen molar-refractivity contribution in [1.29, 1.82) is 0 Å². The second-order valence-electron chi connectivity index (χ2n) is 5.67. The highest BCUT2D eigenvalue weighted by Crippen LogP contribution is 2.31. The number of aryl methyl sites for hydroxylation is 2. The lowest BCUT2D eigenvalue weighted by molar-refractivity contribution is 0.331. The Morgan fingerprint density at radius 1 is 1.32 bits per heavy atom. The van der Waals surface area contributed by atoms with Gasteiger partial charge in [0.25, 0.3) is 0 Å². The molecule has 1 fully saturated rings. The molecule has 3 aromatic heterocycles. The highest BCUT2D eigenvalue weighted by atomic mass is 16.5. The van der Waals surface area contributed by atoms with E-state index in [0.717, 1.165) is 48.7 Å². The second-order valence-corrected chi connectivity index (χ2v) is 5.67. The van der Waals surface area contributed by atoms with E-state index in [2.05, 4.69) is 30.1 Å². The van der Waals surface area contributed by atoms with Crippen LogP contribution in [0.3, 0.4) is 0 Å². The number of piperidine rings is 1. The third-order valence-electron chi connectivity index (χ3n) is 4.12. The molecule has 0 aliphatic carbocycles. The lowest BCUT2D eigenvalue weighted by Gasteiger charge is -2.32. The number of hydrogen-bond donors (Lipinski definition) is 0. The number of nitrogens with zero attached hydrogens (tertiary/aromatic N) is 7. The minimum Gasteiger partial charge on any atom is -0.355 e. The van der Waals surface area contributed by atoms with Gasteiger partial charge in [0, 0.05) is 20.1 Å². The zero-order chi connectivity index (χ0) is 15.1. The number of rotatable bonds is 2. The Hall–Kier alpha value is -2.51. The monoisotopic (exact) mass is 299 g/mol. The maximum atomic E-state index is 5.34. The predicted octanol–water partition coefficient (Wildman–Crippen LogP) is 1.44. The van der Waals surface area contributed by atoms with Crippen molar-refractivity contribution in [2.24, 2.45) is 7.05 Å². The number of aromatic nitrogens is 6. The lowest BCUT2D eigenvalue weighted by Crippen LogP contribution is -2.35. The molecule has 0 N–H and O–H groups in total. The Kier molecular flexibility index (Phi) is 3.02. The molecule has 0 unspecified atom stereocenters. The van der Waals surface area contributed by atoms with E-state index in [1.165, 1.54) is 0 Å². The smallest absolute Gasteiger partial charge is 0.231 e. The summed E-state index contributed by atoms with van der Waals surface area (Å²) in [5.74, 6) is 2.58. The molecule has 1 atom stereocenters. The average Bonchev–Trinajstić information content (AvgIpc) is 3.14. The Balaban J connectivity index is 1.66. The Morgan fingerprint density at radius 2 is 2.23 bits per heavy atom. The van der Waals surface area contributed by atoms with E-state index in [1.54, 1.807) is 11.0 Å². The summed E-state index contributed by atoms with van der Waals surface area (Å²) in [5, 5.41) is 9.16. The van der Waals surface area contributed by atoms with Gasteiger partial charge < -0.3 is 9.42 Å². The molecule has 1 saturated heterocycles. The van der Waals surface area contributed by atoms with E-state index in [-0.39, 0.29) is 5.92 Å². The summed E-state index contributed by atoms with van der Waals surface area (Å²) in [6.45, 7) is 3.63. The van der Waals surface area contributed by atoms with Crippen LogP contribution in [0.4, 0.5) is 5.82 Å². The van der Waals surface area contributed by atoms with Crippen LogP contribution in [-0.2, 0) is 7.05 Å². The van der Waals surface area contributed by atoms with Crippen LogP contribution in [0.5, 0.6) is 0 Å². The summed E-state index contributed by atoms with van der Waals surface area (Å²) in [6, 6.07) is 0. The molecule has 3 aromatic rings. The molecule has 0 radical (unpaired) electrons. The quantitative estimate of drug-likeness (QED) is 0.707. The largest absolute Gasteiger partial charge is 0.355 e. The zero-order valence-electron chi connectivity index (χ0n) is 12.6. The highest BCUT2D eigenvalue weighted by molar-refractivity contribution is 5.86. The summed E-state index contributed by atoms with van der Waals surface area (Å²) < 4.78 is 7.11. The first-order chi connectivity index (χ1) is 10.7. The summed E-state index contributed by atoms with van der Waals surface area (Å²) >= 11 is 0. The molecule has 1 aliphatic rings. The molecule has 0 amide bonds. The van der Waals surface area contributed by atoms with E-state index in [1.807, 2.05) is 20.2 Å². The van der Waals surface area contributed by atoms with Crippen molar-refractivity contribution >= 4 is 16.9 Å². The molecule has 4 heterocycles. The third-order valence-corrected chi connectivity index (χ3v) is 4.12. The third kappa shape index (κ3) is 2.11. The zero-order valence-corrected chi connectivity index (χ0v) is 12.6. The van der Waals surface area contributed by atoms with E-state index in [0.29, 0.717) is 5.82 Å². The van der Waals surface area contributed by atoms with Gasteiger partial charge >= 0.3 is 0 Å². The SMILES string of the molecule is Cc1noc([C@@H]2CCCN(c3ncnc4c3cnn4C)C2)n1. The van der Waals surface area contributed by atoms with Crippen molar-refractivity contribution < 1.29 is 4.52 Å². The fourth-order valence-electron chi connectivity index (χ4n) is 3.05. The normalized spacial score (nSPS) is 19.0. The van der Waals surface area contributed by atoms with Gasteiger partial charge in [-0.05, 0) is 19.8 Å². The van der Waals surface area contributed by atoms with Gasteiger partial charge in [0.2, 0.25) is 5.89 Å². The molecule has 4 rings (SSSR count). The van der Waals surface area contributed by atoms with Crippen molar-refractivity contribution in [2.75, 3.05) is 18.0 Å². The molecule has 0 bridgehead atoms. The summed E-state index contributed by atoms with van der Waals surface area (Å²) in [4.78, 5) is 15.4. The van der Waals surface area contributed by atoms with E-state index < -0.39 is 0 Å². The number of fused-ring (bicyclic) bond motifs is 1. The van der Waals surface area contributed by atoms with Crippen molar-refractivity contribution in [3.63, 3.8) is 0 Å². The standard InChI is InChI=1S/C14H17N7O/c1-9-18-14(22-19-9)10-4-3-5-21(7-10)13-11-6-17-20(2)12(11)15-8-16-13/h6,8,10H,3-5,7H2,1-2H3/t10-/m1/s1. The van der Waals surface area contributed by atoms with Crippen LogP contribution in [0, 0.1) is 6.92 Å². The van der Waals surface area contributed by atoms with Crippen molar-refractivity contribution in [2.45, 2.75) is 25.7 Å². The van der Waals surface area contributed by atoms with Crippen LogP contribution >= 0.6 is 0 Å². The number of anilines is 1. The summed E-state index contributed by atoms with van der Waals surface area (Å²) in [7, 11) is 1.89. The molecular formula is C14H17N7O.